The van der Waals surface area contributed by atoms with Gasteiger partial charge in [0.25, 0.3) is 11.8 Å². The van der Waals surface area contributed by atoms with Gasteiger partial charge in [0.2, 0.25) is 5.82 Å². The predicted molar refractivity (Wildman–Crippen MR) is 130 cm³/mol. The van der Waals surface area contributed by atoms with Crippen LogP contribution in [0.25, 0.3) is 11.2 Å². The summed E-state index contributed by atoms with van der Waals surface area (Å²) in [5, 5.41) is 23.5. The number of hydrogen-bond acceptors (Lipinski definition) is 10. The Morgan fingerprint density at radius 1 is 1.27 bits per heavy atom. The van der Waals surface area contributed by atoms with E-state index in [-0.39, 0.29) is 41.3 Å². The summed E-state index contributed by atoms with van der Waals surface area (Å²) in [6.07, 6.45) is -0.777. The largest absolute Gasteiger partial charge is 0.387 e. The maximum Gasteiger partial charge on any atom is 0.256 e. The van der Waals surface area contributed by atoms with Gasteiger partial charge in [-0.15, -0.1) is 0 Å². The molecule has 0 unspecified atom stereocenters. The van der Waals surface area contributed by atoms with Crippen molar-refractivity contribution in [1.82, 2.24) is 34.7 Å². The quantitative estimate of drug-likeness (QED) is 0.249. The smallest absolute Gasteiger partial charge is 0.256 e. The summed E-state index contributed by atoms with van der Waals surface area (Å²) < 4.78 is 6.97. The molecule has 2 amide bonds. The molecule has 5 rings (SSSR count). The number of rotatable bonds is 5. The number of imidazole rings is 1. The first-order valence-corrected chi connectivity index (χ1v) is 11.8. The van der Waals surface area contributed by atoms with Crippen molar-refractivity contribution in [2.24, 2.45) is 0 Å². The Labute approximate surface area is 215 Å². The van der Waals surface area contributed by atoms with Crippen molar-refractivity contribution in [1.29, 1.82) is 0 Å². The number of aromatic nitrogens is 5. The molecule has 3 aromatic rings. The number of amides is 2. The Balaban J connectivity index is 1.39. The summed E-state index contributed by atoms with van der Waals surface area (Å²) in [6.45, 7) is 0.136. The zero-order valence-corrected chi connectivity index (χ0v) is 20.3. The van der Waals surface area contributed by atoms with E-state index in [4.69, 9.17) is 22.1 Å². The topological polar surface area (TPSA) is 182 Å². The van der Waals surface area contributed by atoms with E-state index in [0.29, 0.717) is 10.7 Å². The molecule has 0 bridgehead atoms. The summed E-state index contributed by atoms with van der Waals surface area (Å²) in [4.78, 5) is 43.3. The van der Waals surface area contributed by atoms with E-state index in [1.807, 2.05) is 0 Å². The molecule has 2 aliphatic rings. The minimum absolute atomic E-state index is 0.0475. The molecule has 0 spiro atoms. The number of halogens is 1. The fraction of sp³-hybridized carbons (Fsp3) is 0.391. The van der Waals surface area contributed by atoms with Crippen molar-refractivity contribution >= 4 is 40.4 Å². The van der Waals surface area contributed by atoms with Crippen LogP contribution >= 0.6 is 11.6 Å². The molecule has 13 nitrogen and oxygen atoms in total. The lowest BCUT2D eigenvalue weighted by atomic mass is 10.1. The number of likely N-dealkylation sites (N-methyl/N-ethyl adjacent to an activating group) is 1. The van der Waals surface area contributed by atoms with Gasteiger partial charge in [-0.2, -0.15) is 0 Å². The normalized spacial score (nSPS) is 22.9. The van der Waals surface area contributed by atoms with Crippen LogP contribution in [-0.4, -0.2) is 89.4 Å². The van der Waals surface area contributed by atoms with Crippen LogP contribution < -0.4 is 11.1 Å². The van der Waals surface area contributed by atoms with Gasteiger partial charge in [-0.25, -0.2) is 19.9 Å². The number of anilines is 1. The monoisotopic (exact) mass is 526 g/mol. The van der Waals surface area contributed by atoms with E-state index in [1.54, 1.807) is 17.0 Å². The van der Waals surface area contributed by atoms with Crippen molar-refractivity contribution in [2.45, 2.75) is 43.4 Å². The first kappa shape index (κ1) is 24.8. The number of hydrogen-bond donors (Lipinski definition) is 4. The lowest BCUT2D eigenvalue weighted by molar-refractivity contribution is -0.137. The standard InChI is InChI=1S/C23H23ClN8O5/c1-26-21(35)18-16(33)17(34)23(37-18)32-10-28-15-19(25)29-14(30-20(15)32)3-2-8-31(12-5-6-12)22(36)11-4-7-13(24)27-9-11/h4,7,9-10,12,16-18,23,33-34H,5-6,8H2,1H3,(H,26,35)(H2,25,29,30)/t16-,17+,18-,23+/m0/s1. The Kier molecular flexibility index (Phi) is 6.65. The van der Waals surface area contributed by atoms with Crippen LogP contribution in [0, 0.1) is 11.8 Å². The van der Waals surface area contributed by atoms with E-state index in [0.717, 1.165) is 12.8 Å². The highest BCUT2D eigenvalue weighted by Crippen LogP contribution is 2.32. The number of nitrogen functional groups attached to an aromatic ring is 1. The van der Waals surface area contributed by atoms with Gasteiger partial charge in [0.05, 0.1) is 18.4 Å². The van der Waals surface area contributed by atoms with Gasteiger partial charge in [-0.05, 0) is 30.9 Å². The number of aliphatic hydroxyl groups is 2. The maximum atomic E-state index is 12.9. The number of nitrogens with two attached hydrogens (primary N) is 1. The zero-order valence-electron chi connectivity index (χ0n) is 19.6. The number of fused-ring (bicyclic) bond motifs is 1. The lowest BCUT2D eigenvalue weighted by Gasteiger charge is -2.19. The van der Waals surface area contributed by atoms with Crippen LogP contribution in [0.4, 0.5) is 5.82 Å². The Hall–Kier alpha value is -3.83. The van der Waals surface area contributed by atoms with Crippen LogP contribution in [0.1, 0.15) is 35.3 Å². The number of nitrogens with zero attached hydrogens (tertiary/aromatic N) is 6. The minimum Gasteiger partial charge on any atom is -0.387 e. The highest BCUT2D eigenvalue weighted by atomic mass is 35.5. The second kappa shape index (κ2) is 9.91. The molecule has 2 fully saturated rings. The lowest BCUT2D eigenvalue weighted by Crippen LogP contribution is -2.41. The van der Waals surface area contributed by atoms with E-state index in [9.17, 15) is 19.8 Å². The number of nitrogens with one attached hydrogen (secondary N) is 1. The SMILES string of the molecule is CNC(=O)[C@H]1O[C@@H](n2cnc3c(N)nc(C#CCN(C(=O)c4ccc(Cl)nc4)C4CC4)nc32)[C@H](O)[C@@H]1O. The second-order valence-electron chi connectivity index (χ2n) is 8.63. The van der Waals surface area contributed by atoms with Crippen molar-refractivity contribution in [3.05, 3.63) is 41.2 Å². The van der Waals surface area contributed by atoms with Gasteiger partial charge in [-0.3, -0.25) is 14.2 Å². The summed E-state index contributed by atoms with van der Waals surface area (Å²) in [5.41, 5.74) is 6.92. The average molecular weight is 527 g/mol. The molecule has 1 saturated heterocycles. The van der Waals surface area contributed by atoms with Crippen LogP contribution in [0.2, 0.25) is 5.15 Å². The van der Waals surface area contributed by atoms with Gasteiger partial charge < -0.3 is 30.9 Å². The molecule has 37 heavy (non-hydrogen) atoms. The molecule has 5 N–H and O–H groups in total. The first-order chi connectivity index (χ1) is 17.8. The van der Waals surface area contributed by atoms with Crippen LogP contribution in [-0.2, 0) is 9.53 Å². The van der Waals surface area contributed by atoms with Crippen molar-refractivity contribution in [3.8, 4) is 11.8 Å². The third kappa shape index (κ3) is 4.79. The molecule has 4 heterocycles. The zero-order chi connectivity index (χ0) is 26.3. The van der Waals surface area contributed by atoms with Gasteiger partial charge in [0.15, 0.2) is 23.8 Å². The third-order valence-corrected chi connectivity index (χ3v) is 6.36. The van der Waals surface area contributed by atoms with Crippen LogP contribution in [0.5, 0.6) is 0 Å². The number of carbonyl (C=O) groups is 2. The fourth-order valence-electron chi connectivity index (χ4n) is 4.05. The Morgan fingerprint density at radius 3 is 2.73 bits per heavy atom. The van der Waals surface area contributed by atoms with E-state index < -0.39 is 30.4 Å². The van der Waals surface area contributed by atoms with Crippen molar-refractivity contribution in [3.63, 3.8) is 0 Å². The van der Waals surface area contributed by atoms with Crippen molar-refractivity contribution in [2.75, 3.05) is 19.3 Å². The number of ether oxygens (including phenoxy) is 1. The molecule has 0 aromatic carbocycles. The van der Waals surface area contributed by atoms with E-state index in [2.05, 4.69) is 37.1 Å². The highest BCUT2D eigenvalue weighted by molar-refractivity contribution is 6.29. The molecule has 1 saturated carbocycles. The van der Waals surface area contributed by atoms with E-state index >= 15 is 0 Å². The summed E-state index contributed by atoms with van der Waals surface area (Å²) in [5.74, 6) is 5.09. The average Bonchev–Trinajstić information content (AvgIpc) is 3.58. The molecule has 192 valence electrons. The Bertz CT molecular complexity index is 1410. The summed E-state index contributed by atoms with van der Waals surface area (Å²) in [7, 11) is 1.40. The molecule has 1 aliphatic carbocycles. The van der Waals surface area contributed by atoms with E-state index in [1.165, 1.54) is 24.1 Å². The molecule has 0 radical (unpaired) electrons. The van der Waals surface area contributed by atoms with Gasteiger partial charge >= 0.3 is 0 Å². The maximum absolute atomic E-state index is 12.9. The summed E-state index contributed by atoms with van der Waals surface area (Å²) >= 11 is 5.82. The number of aliphatic hydroxyl groups excluding tert-OH is 2. The van der Waals surface area contributed by atoms with Crippen LogP contribution in [0.15, 0.2) is 24.7 Å². The highest BCUT2D eigenvalue weighted by Gasteiger charge is 2.47. The first-order valence-electron chi connectivity index (χ1n) is 11.4. The van der Waals surface area contributed by atoms with Crippen molar-refractivity contribution < 1.29 is 24.5 Å². The summed E-state index contributed by atoms with van der Waals surface area (Å²) in [6, 6.07) is 3.26. The molecule has 1 aliphatic heterocycles. The number of carbonyl (C=O) groups excluding carboxylic acids is 2. The van der Waals surface area contributed by atoms with Gasteiger partial charge in [-0.1, -0.05) is 17.5 Å². The Morgan fingerprint density at radius 2 is 2.05 bits per heavy atom. The molecular formula is C23H23ClN8O5. The fourth-order valence-corrected chi connectivity index (χ4v) is 4.17. The minimum atomic E-state index is -1.46. The van der Waals surface area contributed by atoms with Crippen LogP contribution in [0.3, 0.4) is 0 Å². The number of pyridine rings is 1. The molecule has 3 aromatic heterocycles. The molecular weight excluding hydrogens is 504 g/mol. The van der Waals surface area contributed by atoms with Gasteiger partial charge in [0, 0.05) is 19.3 Å². The predicted octanol–water partition coefficient (Wildman–Crippen LogP) is -0.522. The third-order valence-electron chi connectivity index (χ3n) is 6.14. The molecule has 14 heteroatoms. The molecule has 4 atom stereocenters. The van der Waals surface area contributed by atoms with Gasteiger partial charge in [0.1, 0.15) is 22.9 Å². The second-order valence-corrected chi connectivity index (χ2v) is 9.02.